The number of benzene rings is 1. The predicted octanol–water partition coefficient (Wildman–Crippen LogP) is 3.48. The first-order valence-electron chi connectivity index (χ1n) is 5.12. The number of hydrogen-bond donors (Lipinski definition) is 0. The Bertz CT molecular complexity index is 581. The van der Waals surface area contributed by atoms with Crippen molar-refractivity contribution in [2.75, 3.05) is 12.5 Å². The van der Waals surface area contributed by atoms with E-state index in [0.717, 1.165) is 5.39 Å². The Hall–Kier alpha value is -1.92. The van der Waals surface area contributed by atoms with E-state index in [0.29, 0.717) is 23.8 Å². The normalized spacial score (nSPS) is 10.8. The van der Waals surface area contributed by atoms with Crippen LogP contribution in [-0.2, 0) is 0 Å². The Balaban J connectivity index is 2.31. The fourth-order valence-electron chi connectivity index (χ4n) is 1.50. The summed E-state index contributed by atoms with van der Waals surface area (Å²) < 4.78 is 10.9. The Morgan fingerprint density at radius 1 is 1.35 bits per heavy atom. The van der Waals surface area contributed by atoms with Crippen LogP contribution in [0.1, 0.15) is 5.76 Å². The first-order chi connectivity index (χ1) is 8.36. The van der Waals surface area contributed by atoms with Gasteiger partial charge in [-0.25, -0.2) is 0 Å². The van der Waals surface area contributed by atoms with E-state index in [2.05, 4.69) is 0 Å². The second kappa shape index (κ2) is 5.42. The summed E-state index contributed by atoms with van der Waals surface area (Å²) in [6.07, 6.45) is 3.59. The Morgan fingerprint density at radius 2 is 2.18 bits per heavy atom. The van der Waals surface area contributed by atoms with Crippen molar-refractivity contribution >= 4 is 22.6 Å². The van der Waals surface area contributed by atoms with Gasteiger partial charge in [-0.3, -0.25) is 0 Å². The second-order valence-electron chi connectivity index (χ2n) is 3.30. The maximum absolute atomic E-state index is 8.96. The first-order valence-corrected chi connectivity index (χ1v) is 5.65. The molecule has 0 saturated carbocycles. The van der Waals surface area contributed by atoms with Crippen LogP contribution in [0.4, 0.5) is 0 Å². The van der Waals surface area contributed by atoms with Crippen molar-refractivity contribution in [2.45, 2.75) is 0 Å². The van der Waals surface area contributed by atoms with E-state index in [4.69, 9.17) is 26.0 Å². The molecule has 0 aliphatic rings. The number of fused-ring (bicyclic) bond motifs is 1. The molecule has 3 nitrogen and oxygen atoms in total. The van der Waals surface area contributed by atoms with E-state index in [9.17, 15) is 0 Å². The van der Waals surface area contributed by atoms with Gasteiger partial charge in [0, 0.05) is 5.88 Å². The molecule has 1 aromatic heterocycles. The molecule has 4 heteroatoms. The van der Waals surface area contributed by atoms with Crippen molar-refractivity contribution in [3.05, 3.63) is 42.2 Å². The number of alkyl halides is 1. The minimum atomic E-state index is 0.200. The molecule has 2 aromatic rings. The van der Waals surface area contributed by atoms with Gasteiger partial charge < -0.3 is 9.15 Å². The van der Waals surface area contributed by atoms with Crippen molar-refractivity contribution in [3.63, 3.8) is 0 Å². The molecule has 0 saturated heterocycles. The lowest BCUT2D eigenvalue weighted by molar-refractivity contribution is 0.358. The van der Waals surface area contributed by atoms with Crippen LogP contribution in [0.3, 0.4) is 0 Å². The zero-order valence-corrected chi connectivity index (χ0v) is 9.78. The number of rotatable bonds is 4. The van der Waals surface area contributed by atoms with Crippen molar-refractivity contribution in [1.29, 1.82) is 5.26 Å². The zero-order valence-electron chi connectivity index (χ0n) is 9.02. The van der Waals surface area contributed by atoms with Crippen molar-refractivity contribution in [2.24, 2.45) is 0 Å². The van der Waals surface area contributed by atoms with Crippen LogP contribution in [0.2, 0.25) is 0 Å². The molecule has 0 radical (unpaired) electrons. The number of nitriles is 1. The van der Waals surface area contributed by atoms with Crippen LogP contribution >= 0.6 is 11.6 Å². The van der Waals surface area contributed by atoms with E-state index in [1.165, 1.54) is 0 Å². The minimum Gasteiger partial charge on any atom is -0.484 e. The number of allylic oxidation sites excluding steroid dienone is 1. The maximum Gasteiger partial charge on any atom is 0.246 e. The number of para-hydroxylation sites is 1. The third-order valence-corrected chi connectivity index (χ3v) is 2.41. The van der Waals surface area contributed by atoms with Crippen molar-refractivity contribution < 1.29 is 9.15 Å². The lowest BCUT2D eigenvalue weighted by atomic mass is 10.2. The molecule has 0 atom stereocenters. The largest absolute Gasteiger partial charge is 0.484 e. The van der Waals surface area contributed by atoms with Crippen LogP contribution < -0.4 is 4.74 Å². The average Bonchev–Trinajstić information content (AvgIpc) is 2.73. The van der Waals surface area contributed by atoms with E-state index in [-0.39, 0.29) is 5.76 Å². The highest BCUT2D eigenvalue weighted by atomic mass is 35.5. The topological polar surface area (TPSA) is 46.2 Å². The number of furan rings is 1. The van der Waals surface area contributed by atoms with Gasteiger partial charge in [0.05, 0.1) is 5.39 Å². The third-order valence-electron chi connectivity index (χ3n) is 2.23. The molecule has 17 heavy (non-hydrogen) atoms. The fourth-order valence-corrected chi connectivity index (χ4v) is 1.63. The molecular formula is C13H10ClNO2. The van der Waals surface area contributed by atoms with Crippen LogP contribution in [0.25, 0.3) is 11.0 Å². The summed E-state index contributed by atoms with van der Waals surface area (Å²) in [5, 5.41) is 9.77. The molecule has 0 aliphatic carbocycles. The number of nitrogens with zero attached hydrogens (tertiary/aromatic N) is 1. The third kappa shape index (κ3) is 2.43. The molecule has 0 N–H and O–H groups in total. The summed E-state index contributed by atoms with van der Waals surface area (Å²) in [5.74, 6) is 1.13. The van der Waals surface area contributed by atoms with Gasteiger partial charge >= 0.3 is 0 Å². The Kier molecular flexibility index (Phi) is 3.69. The second-order valence-corrected chi connectivity index (χ2v) is 3.61. The minimum absolute atomic E-state index is 0.200. The highest BCUT2D eigenvalue weighted by molar-refractivity contribution is 6.18. The maximum atomic E-state index is 8.96. The SMILES string of the molecule is N#Cc1oc2ccccc2c1OC/C=C/CCl. The van der Waals surface area contributed by atoms with Crippen LogP contribution in [0, 0.1) is 11.3 Å². The zero-order chi connectivity index (χ0) is 12.1. The summed E-state index contributed by atoms with van der Waals surface area (Å²) >= 11 is 5.50. The summed E-state index contributed by atoms with van der Waals surface area (Å²) in [5.41, 5.74) is 0.653. The van der Waals surface area contributed by atoms with E-state index in [1.54, 1.807) is 18.2 Å². The molecule has 2 rings (SSSR count). The lowest BCUT2D eigenvalue weighted by Crippen LogP contribution is -1.94. The molecular weight excluding hydrogens is 238 g/mol. The standard InChI is InChI=1S/C13H10ClNO2/c14-7-3-4-8-16-13-10-5-1-2-6-11(10)17-12(13)9-15/h1-6H,7-8H2/b4-3+. The first kappa shape index (κ1) is 11.6. The van der Waals surface area contributed by atoms with Gasteiger partial charge in [-0.15, -0.1) is 11.6 Å². The molecule has 86 valence electrons. The summed E-state index contributed by atoms with van der Waals surface area (Å²) in [4.78, 5) is 0. The van der Waals surface area contributed by atoms with Gasteiger partial charge in [-0.1, -0.05) is 24.3 Å². The van der Waals surface area contributed by atoms with E-state index in [1.807, 2.05) is 24.3 Å². The molecule has 0 fully saturated rings. The summed E-state index contributed by atoms with van der Waals surface area (Å²) in [6.45, 7) is 0.366. The summed E-state index contributed by atoms with van der Waals surface area (Å²) in [6, 6.07) is 9.38. The van der Waals surface area contributed by atoms with Gasteiger partial charge in [0.15, 0.2) is 5.75 Å². The molecule has 0 unspecified atom stereocenters. The van der Waals surface area contributed by atoms with Crippen LogP contribution in [0.5, 0.6) is 5.75 Å². The molecule has 0 aliphatic heterocycles. The van der Waals surface area contributed by atoms with Gasteiger partial charge in [0.25, 0.3) is 0 Å². The Labute approximate surface area is 104 Å². The number of ether oxygens (including phenoxy) is 1. The van der Waals surface area contributed by atoms with Crippen molar-refractivity contribution in [1.82, 2.24) is 0 Å². The van der Waals surface area contributed by atoms with Gasteiger partial charge in [0.2, 0.25) is 5.76 Å². The quantitative estimate of drug-likeness (QED) is 0.614. The smallest absolute Gasteiger partial charge is 0.246 e. The van der Waals surface area contributed by atoms with E-state index < -0.39 is 0 Å². The molecule has 1 aromatic carbocycles. The van der Waals surface area contributed by atoms with Gasteiger partial charge in [-0.05, 0) is 12.1 Å². The Morgan fingerprint density at radius 3 is 2.94 bits per heavy atom. The lowest BCUT2D eigenvalue weighted by Gasteiger charge is -1.99. The molecule has 1 heterocycles. The summed E-state index contributed by atoms with van der Waals surface area (Å²) in [7, 11) is 0. The van der Waals surface area contributed by atoms with Gasteiger partial charge in [0.1, 0.15) is 18.3 Å². The average molecular weight is 248 g/mol. The number of hydrogen-bond acceptors (Lipinski definition) is 3. The molecule has 0 spiro atoms. The molecule has 0 bridgehead atoms. The predicted molar refractivity (Wildman–Crippen MR) is 66.3 cm³/mol. The van der Waals surface area contributed by atoms with Gasteiger partial charge in [-0.2, -0.15) is 5.26 Å². The highest BCUT2D eigenvalue weighted by Crippen LogP contribution is 2.32. The van der Waals surface area contributed by atoms with E-state index >= 15 is 0 Å². The van der Waals surface area contributed by atoms with Crippen LogP contribution in [0.15, 0.2) is 40.8 Å². The monoisotopic (exact) mass is 247 g/mol. The molecule has 0 amide bonds. The van der Waals surface area contributed by atoms with Crippen molar-refractivity contribution in [3.8, 4) is 11.8 Å². The number of halogens is 1. The van der Waals surface area contributed by atoms with Crippen LogP contribution in [-0.4, -0.2) is 12.5 Å². The highest BCUT2D eigenvalue weighted by Gasteiger charge is 2.14. The fraction of sp³-hybridized carbons (Fsp3) is 0.154.